The molecule has 166 valence electrons. The Morgan fingerprint density at radius 2 is 2.06 bits per heavy atom. The van der Waals surface area contributed by atoms with Gasteiger partial charge in [-0.3, -0.25) is 9.69 Å². The van der Waals surface area contributed by atoms with Crippen LogP contribution in [0.2, 0.25) is 0 Å². The van der Waals surface area contributed by atoms with Crippen LogP contribution in [0.15, 0.2) is 28.8 Å². The van der Waals surface area contributed by atoms with Gasteiger partial charge >= 0.3 is 6.09 Å². The molecule has 1 atom stereocenters. The maximum absolute atomic E-state index is 12.8. The molecule has 1 aromatic carbocycles. The van der Waals surface area contributed by atoms with E-state index in [1.165, 1.54) is 17.5 Å². The van der Waals surface area contributed by atoms with Gasteiger partial charge in [0.2, 0.25) is 0 Å². The van der Waals surface area contributed by atoms with Gasteiger partial charge < -0.3 is 19.3 Å². The van der Waals surface area contributed by atoms with E-state index in [0.717, 1.165) is 44.2 Å². The van der Waals surface area contributed by atoms with Crippen molar-refractivity contribution in [3.8, 4) is 0 Å². The highest BCUT2D eigenvalue weighted by atomic mass is 16.6. The smallest absolute Gasteiger partial charge is 0.410 e. The van der Waals surface area contributed by atoms with Crippen LogP contribution in [0, 0.1) is 0 Å². The van der Waals surface area contributed by atoms with Crippen LogP contribution in [0.25, 0.3) is 0 Å². The molecule has 2 amide bonds. The average Bonchev–Trinajstić information content (AvgIpc) is 3.30. The molecule has 2 aliphatic rings. The van der Waals surface area contributed by atoms with Crippen molar-refractivity contribution in [1.29, 1.82) is 0 Å². The van der Waals surface area contributed by atoms with Gasteiger partial charge in [-0.2, -0.15) is 0 Å². The number of nitrogens with zero attached hydrogens (tertiary/aromatic N) is 2. The summed E-state index contributed by atoms with van der Waals surface area (Å²) in [5.74, 6) is 0.197. The summed E-state index contributed by atoms with van der Waals surface area (Å²) in [5, 5.41) is 6.97. The van der Waals surface area contributed by atoms with Gasteiger partial charge in [-0.05, 0) is 62.1 Å². The lowest BCUT2D eigenvalue weighted by Crippen LogP contribution is -2.39. The Bertz CT molecular complexity index is 926. The third-order valence-electron chi connectivity index (χ3n) is 5.98. The summed E-state index contributed by atoms with van der Waals surface area (Å²) < 4.78 is 15.7. The third kappa shape index (κ3) is 4.90. The maximum Gasteiger partial charge on any atom is 0.410 e. The lowest BCUT2D eigenvalue weighted by Gasteiger charge is -2.33. The van der Waals surface area contributed by atoms with E-state index in [4.69, 9.17) is 14.0 Å². The number of aryl methyl sites for hydroxylation is 1. The van der Waals surface area contributed by atoms with Gasteiger partial charge in [-0.1, -0.05) is 17.3 Å². The molecular weight excluding hydrogens is 398 g/mol. The van der Waals surface area contributed by atoms with Crippen LogP contribution >= 0.6 is 0 Å². The molecule has 0 bridgehead atoms. The number of methoxy groups -OCH3 is 1. The Balaban J connectivity index is 1.45. The van der Waals surface area contributed by atoms with Gasteiger partial charge in [0.05, 0.1) is 12.6 Å². The standard InChI is InChI=1S/C23H29N3O5/c1-29-13-14-30-23(28)26-12-5-4-11-20(26)21-15-19(25-31-21)22(27)24-18-10-6-8-16-7-2-3-9-17(16)18/h6,8,10,15,20H,2-5,7,9,11-14H2,1H3,(H,24,27). The van der Waals surface area contributed by atoms with Crippen LogP contribution in [0.3, 0.4) is 0 Å². The Labute approximate surface area is 181 Å². The number of carbonyl (C=O) groups excluding carboxylic acids is 2. The number of hydrogen-bond donors (Lipinski definition) is 1. The molecule has 2 heterocycles. The number of aromatic nitrogens is 1. The summed E-state index contributed by atoms with van der Waals surface area (Å²) in [6, 6.07) is 7.38. The lowest BCUT2D eigenvalue weighted by atomic mass is 9.90. The van der Waals surface area contributed by atoms with Crippen LogP contribution in [0.5, 0.6) is 0 Å². The highest BCUT2D eigenvalue weighted by Crippen LogP contribution is 2.32. The van der Waals surface area contributed by atoms with E-state index in [0.29, 0.717) is 18.9 Å². The second kappa shape index (κ2) is 9.96. The molecule has 1 saturated heterocycles. The number of nitrogens with one attached hydrogen (secondary N) is 1. The average molecular weight is 428 g/mol. The Kier molecular flexibility index (Phi) is 6.86. The fraction of sp³-hybridized carbons (Fsp3) is 0.522. The largest absolute Gasteiger partial charge is 0.447 e. The fourth-order valence-corrected chi connectivity index (χ4v) is 4.38. The summed E-state index contributed by atoms with van der Waals surface area (Å²) in [4.78, 5) is 27.0. The fourth-order valence-electron chi connectivity index (χ4n) is 4.38. The molecule has 1 N–H and O–H groups in total. The predicted octanol–water partition coefficient (Wildman–Crippen LogP) is 4.12. The molecule has 2 aromatic rings. The van der Waals surface area contributed by atoms with E-state index < -0.39 is 6.09 Å². The normalized spacial score (nSPS) is 18.4. The van der Waals surface area contributed by atoms with E-state index in [9.17, 15) is 9.59 Å². The van der Waals surface area contributed by atoms with E-state index in [1.54, 1.807) is 18.1 Å². The molecule has 0 saturated carbocycles. The first-order valence-corrected chi connectivity index (χ1v) is 11.0. The van der Waals surface area contributed by atoms with Crippen LogP contribution in [0.4, 0.5) is 10.5 Å². The number of hydrogen-bond acceptors (Lipinski definition) is 6. The molecule has 8 nitrogen and oxygen atoms in total. The first-order chi connectivity index (χ1) is 15.2. The molecule has 0 spiro atoms. The van der Waals surface area contributed by atoms with Gasteiger partial charge in [-0.15, -0.1) is 0 Å². The number of fused-ring (bicyclic) bond motifs is 1. The predicted molar refractivity (Wildman–Crippen MR) is 114 cm³/mol. The summed E-state index contributed by atoms with van der Waals surface area (Å²) in [6.45, 7) is 1.12. The number of carbonyl (C=O) groups is 2. The minimum absolute atomic E-state index is 0.198. The van der Waals surface area contributed by atoms with Gasteiger partial charge in [-0.25, -0.2) is 4.79 Å². The SMILES string of the molecule is COCCOC(=O)N1CCCCC1c1cc(C(=O)Nc2cccc3c2CCCC3)no1. The van der Waals surface area contributed by atoms with Crippen molar-refractivity contribution in [2.24, 2.45) is 0 Å². The van der Waals surface area contributed by atoms with Crippen molar-refractivity contribution in [2.45, 2.75) is 51.0 Å². The van der Waals surface area contributed by atoms with Gasteiger partial charge in [0.25, 0.3) is 5.91 Å². The van der Waals surface area contributed by atoms with Gasteiger partial charge in [0, 0.05) is 25.4 Å². The Hall–Kier alpha value is -2.87. The van der Waals surface area contributed by atoms with E-state index >= 15 is 0 Å². The van der Waals surface area contributed by atoms with E-state index in [2.05, 4.69) is 16.5 Å². The highest BCUT2D eigenvalue weighted by Gasteiger charge is 2.32. The summed E-state index contributed by atoms with van der Waals surface area (Å²) in [7, 11) is 1.56. The zero-order valence-corrected chi connectivity index (χ0v) is 17.9. The quantitative estimate of drug-likeness (QED) is 0.697. The Morgan fingerprint density at radius 1 is 1.19 bits per heavy atom. The van der Waals surface area contributed by atoms with Crippen molar-refractivity contribution in [1.82, 2.24) is 10.1 Å². The van der Waals surface area contributed by atoms with Crippen molar-refractivity contribution in [3.63, 3.8) is 0 Å². The minimum atomic E-state index is -0.403. The number of rotatable bonds is 6. The molecular formula is C23H29N3O5. The van der Waals surface area contributed by atoms with Crippen molar-refractivity contribution in [3.05, 3.63) is 46.8 Å². The molecule has 0 radical (unpaired) electrons. The third-order valence-corrected chi connectivity index (χ3v) is 5.98. The van der Waals surface area contributed by atoms with Crippen LogP contribution in [-0.4, -0.2) is 48.9 Å². The molecule has 1 aromatic heterocycles. The second-order valence-corrected chi connectivity index (χ2v) is 8.03. The molecule has 4 rings (SSSR count). The second-order valence-electron chi connectivity index (χ2n) is 8.03. The van der Waals surface area contributed by atoms with Gasteiger partial charge in [0.1, 0.15) is 6.61 Å². The summed E-state index contributed by atoms with van der Waals surface area (Å²) in [6.07, 6.45) is 6.53. The number of likely N-dealkylation sites (tertiary alicyclic amines) is 1. The number of ether oxygens (including phenoxy) is 2. The highest BCUT2D eigenvalue weighted by molar-refractivity contribution is 6.03. The van der Waals surface area contributed by atoms with E-state index in [1.807, 2.05) is 12.1 Å². The lowest BCUT2D eigenvalue weighted by molar-refractivity contribution is 0.0471. The Morgan fingerprint density at radius 3 is 2.94 bits per heavy atom. The van der Waals surface area contributed by atoms with Crippen LogP contribution in [0.1, 0.15) is 65.5 Å². The van der Waals surface area contributed by atoms with Gasteiger partial charge in [0.15, 0.2) is 11.5 Å². The topological polar surface area (TPSA) is 93.9 Å². The zero-order chi connectivity index (χ0) is 21.6. The maximum atomic E-state index is 12.8. The molecule has 31 heavy (non-hydrogen) atoms. The molecule has 1 aliphatic carbocycles. The van der Waals surface area contributed by atoms with Crippen molar-refractivity contribution in [2.75, 3.05) is 32.2 Å². The number of anilines is 1. The molecule has 1 unspecified atom stereocenters. The monoisotopic (exact) mass is 427 g/mol. The van der Waals surface area contributed by atoms with Crippen molar-refractivity contribution >= 4 is 17.7 Å². The van der Waals surface area contributed by atoms with Crippen molar-refractivity contribution < 1.29 is 23.6 Å². The number of benzene rings is 1. The summed E-state index contributed by atoms with van der Waals surface area (Å²) >= 11 is 0. The molecule has 1 fully saturated rings. The van der Waals surface area contributed by atoms with Crippen LogP contribution in [-0.2, 0) is 22.3 Å². The number of piperidine rings is 1. The first-order valence-electron chi connectivity index (χ1n) is 11.0. The zero-order valence-electron chi connectivity index (χ0n) is 17.9. The summed E-state index contributed by atoms with van der Waals surface area (Å²) in [5.41, 5.74) is 3.56. The first kappa shape index (κ1) is 21.4. The van der Waals surface area contributed by atoms with Crippen LogP contribution < -0.4 is 5.32 Å². The molecule has 8 heteroatoms. The minimum Gasteiger partial charge on any atom is -0.447 e. The molecule has 1 aliphatic heterocycles. The number of amides is 2. The van der Waals surface area contributed by atoms with E-state index in [-0.39, 0.29) is 24.2 Å².